The fourth-order valence-corrected chi connectivity index (χ4v) is 2.26. The predicted molar refractivity (Wildman–Crippen MR) is 81.9 cm³/mol. The maximum absolute atomic E-state index is 13.4. The first-order chi connectivity index (χ1) is 10.1. The van der Waals surface area contributed by atoms with E-state index in [1.165, 1.54) is 17.7 Å². The van der Waals surface area contributed by atoms with E-state index in [2.05, 4.69) is 36.9 Å². The van der Waals surface area contributed by atoms with Crippen molar-refractivity contribution in [3.05, 3.63) is 71.0 Å². The van der Waals surface area contributed by atoms with Gasteiger partial charge in [-0.05, 0) is 43.2 Å². The monoisotopic (exact) mass is 282 g/mol. The summed E-state index contributed by atoms with van der Waals surface area (Å²) in [4.78, 5) is 2.23. The fraction of sp³-hybridized carbons (Fsp3) is 0.278. The van der Waals surface area contributed by atoms with Gasteiger partial charge in [-0.2, -0.15) is 5.26 Å². The Morgan fingerprint density at radius 3 is 2.43 bits per heavy atom. The SMILES string of the molecule is CC(C)N(Cc1ccccc1)Cc1cc(F)ccc1C#N. The van der Waals surface area contributed by atoms with E-state index < -0.39 is 0 Å². The fourth-order valence-electron chi connectivity index (χ4n) is 2.26. The zero-order valence-electron chi connectivity index (χ0n) is 12.4. The second-order valence-corrected chi connectivity index (χ2v) is 5.40. The van der Waals surface area contributed by atoms with Crippen LogP contribution in [0.15, 0.2) is 48.5 Å². The highest BCUT2D eigenvalue weighted by atomic mass is 19.1. The average molecular weight is 282 g/mol. The molecule has 0 saturated heterocycles. The van der Waals surface area contributed by atoms with Gasteiger partial charge in [0, 0.05) is 19.1 Å². The van der Waals surface area contributed by atoms with Gasteiger partial charge in [-0.25, -0.2) is 4.39 Å². The zero-order chi connectivity index (χ0) is 15.2. The number of nitrogens with zero attached hydrogens (tertiary/aromatic N) is 2. The summed E-state index contributed by atoms with van der Waals surface area (Å²) in [6, 6.07) is 16.9. The highest BCUT2D eigenvalue weighted by Gasteiger charge is 2.13. The van der Waals surface area contributed by atoms with Crippen molar-refractivity contribution in [2.45, 2.75) is 33.0 Å². The molecular formula is C18H19FN2. The van der Waals surface area contributed by atoms with Gasteiger partial charge < -0.3 is 0 Å². The minimum absolute atomic E-state index is 0.299. The first-order valence-corrected chi connectivity index (χ1v) is 7.06. The maximum Gasteiger partial charge on any atom is 0.123 e. The number of rotatable bonds is 5. The molecular weight excluding hydrogens is 263 g/mol. The van der Waals surface area contributed by atoms with E-state index in [1.807, 2.05) is 18.2 Å². The molecule has 0 amide bonds. The molecule has 0 saturated carbocycles. The quantitative estimate of drug-likeness (QED) is 0.825. The summed E-state index contributed by atoms with van der Waals surface area (Å²) in [6.45, 7) is 5.55. The van der Waals surface area contributed by atoms with Gasteiger partial charge in [-0.15, -0.1) is 0 Å². The Hall–Kier alpha value is -2.18. The number of hydrogen-bond donors (Lipinski definition) is 0. The van der Waals surface area contributed by atoms with Gasteiger partial charge in [0.1, 0.15) is 5.82 Å². The van der Waals surface area contributed by atoms with Gasteiger partial charge in [-0.3, -0.25) is 4.90 Å². The summed E-state index contributed by atoms with van der Waals surface area (Å²) >= 11 is 0. The highest BCUT2D eigenvalue weighted by molar-refractivity contribution is 5.37. The van der Waals surface area contributed by atoms with Crippen molar-refractivity contribution in [1.29, 1.82) is 5.26 Å². The van der Waals surface area contributed by atoms with Crippen LogP contribution in [0.25, 0.3) is 0 Å². The van der Waals surface area contributed by atoms with Crippen LogP contribution in [0.5, 0.6) is 0 Å². The van der Waals surface area contributed by atoms with Crippen LogP contribution < -0.4 is 0 Å². The van der Waals surface area contributed by atoms with Gasteiger partial charge in [0.15, 0.2) is 0 Å². The van der Waals surface area contributed by atoms with E-state index in [0.29, 0.717) is 18.2 Å². The Morgan fingerprint density at radius 2 is 1.81 bits per heavy atom. The molecule has 0 aliphatic heterocycles. The van der Waals surface area contributed by atoms with Gasteiger partial charge in [0.05, 0.1) is 11.6 Å². The van der Waals surface area contributed by atoms with Crippen molar-refractivity contribution in [2.75, 3.05) is 0 Å². The lowest BCUT2D eigenvalue weighted by molar-refractivity contribution is 0.203. The van der Waals surface area contributed by atoms with Gasteiger partial charge in [0.25, 0.3) is 0 Å². The molecule has 0 spiro atoms. The lowest BCUT2D eigenvalue weighted by Gasteiger charge is -2.27. The van der Waals surface area contributed by atoms with Gasteiger partial charge in [0.2, 0.25) is 0 Å². The maximum atomic E-state index is 13.4. The average Bonchev–Trinajstić information content (AvgIpc) is 2.48. The molecule has 0 N–H and O–H groups in total. The van der Waals surface area contributed by atoms with E-state index in [-0.39, 0.29) is 5.82 Å². The largest absolute Gasteiger partial charge is 0.292 e. The molecule has 2 aromatic carbocycles. The molecule has 0 fully saturated rings. The second kappa shape index (κ2) is 7.01. The minimum atomic E-state index is -0.299. The van der Waals surface area contributed by atoms with E-state index in [1.54, 1.807) is 6.07 Å². The van der Waals surface area contributed by atoms with Crippen LogP contribution in [0.3, 0.4) is 0 Å². The van der Waals surface area contributed by atoms with Crippen LogP contribution in [0.1, 0.15) is 30.5 Å². The highest BCUT2D eigenvalue weighted by Crippen LogP contribution is 2.17. The van der Waals surface area contributed by atoms with Crippen LogP contribution in [-0.2, 0) is 13.1 Å². The predicted octanol–water partition coefficient (Wildman–Crippen LogP) is 4.11. The number of nitriles is 1. The smallest absolute Gasteiger partial charge is 0.123 e. The lowest BCUT2D eigenvalue weighted by Crippen LogP contribution is -2.30. The Labute approximate surface area is 125 Å². The van der Waals surface area contributed by atoms with Crippen LogP contribution in [0.2, 0.25) is 0 Å². The first-order valence-electron chi connectivity index (χ1n) is 7.06. The molecule has 0 aliphatic carbocycles. The van der Waals surface area contributed by atoms with Crippen LogP contribution >= 0.6 is 0 Å². The van der Waals surface area contributed by atoms with E-state index >= 15 is 0 Å². The molecule has 0 aliphatic rings. The molecule has 2 aromatic rings. The summed E-state index contributed by atoms with van der Waals surface area (Å²) in [5.74, 6) is -0.299. The molecule has 0 heterocycles. The lowest BCUT2D eigenvalue weighted by atomic mass is 10.1. The summed E-state index contributed by atoms with van der Waals surface area (Å²) < 4.78 is 13.4. The Morgan fingerprint density at radius 1 is 1.10 bits per heavy atom. The number of hydrogen-bond acceptors (Lipinski definition) is 2. The number of benzene rings is 2. The Bertz CT molecular complexity index is 629. The summed E-state index contributed by atoms with van der Waals surface area (Å²) in [7, 11) is 0. The van der Waals surface area contributed by atoms with E-state index in [4.69, 9.17) is 5.26 Å². The van der Waals surface area contributed by atoms with E-state index in [0.717, 1.165) is 12.1 Å². The molecule has 0 unspecified atom stereocenters. The summed E-state index contributed by atoms with van der Waals surface area (Å²) in [5, 5.41) is 9.16. The molecule has 108 valence electrons. The van der Waals surface area contributed by atoms with Crippen molar-refractivity contribution in [1.82, 2.24) is 4.90 Å². The number of halogens is 1. The molecule has 0 radical (unpaired) electrons. The zero-order valence-corrected chi connectivity index (χ0v) is 12.4. The molecule has 0 aromatic heterocycles. The van der Waals surface area contributed by atoms with Crippen LogP contribution in [-0.4, -0.2) is 10.9 Å². The Balaban J connectivity index is 2.21. The standard InChI is InChI=1S/C18H19FN2/c1-14(2)21(12-15-6-4-3-5-7-15)13-17-10-18(19)9-8-16(17)11-20/h3-10,14H,12-13H2,1-2H3. The van der Waals surface area contributed by atoms with Crippen molar-refractivity contribution in [3.8, 4) is 6.07 Å². The molecule has 0 bridgehead atoms. The van der Waals surface area contributed by atoms with Crippen LogP contribution in [0, 0.1) is 17.1 Å². The second-order valence-electron chi connectivity index (χ2n) is 5.40. The third-order valence-electron chi connectivity index (χ3n) is 3.52. The van der Waals surface area contributed by atoms with Crippen molar-refractivity contribution in [3.63, 3.8) is 0 Å². The van der Waals surface area contributed by atoms with E-state index in [9.17, 15) is 4.39 Å². The summed E-state index contributed by atoms with van der Waals surface area (Å²) in [5.41, 5.74) is 2.48. The molecule has 21 heavy (non-hydrogen) atoms. The third-order valence-corrected chi connectivity index (χ3v) is 3.52. The third kappa shape index (κ3) is 4.14. The molecule has 2 nitrogen and oxygen atoms in total. The van der Waals surface area contributed by atoms with Gasteiger partial charge >= 0.3 is 0 Å². The molecule has 0 atom stereocenters. The van der Waals surface area contributed by atoms with Crippen LogP contribution in [0.4, 0.5) is 4.39 Å². The molecule has 3 heteroatoms. The van der Waals surface area contributed by atoms with Crippen molar-refractivity contribution >= 4 is 0 Å². The molecule has 2 rings (SSSR count). The first kappa shape index (κ1) is 15.2. The topological polar surface area (TPSA) is 27.0 Å². The minimum Gasteiger partial charge on any atom is -0.292 e. The van der Waals surface area contributed by atoms with Crippen molar-refractivity contribution in [2.24, 2.45) is 0 Å². The van der Waals surface area contributed by atoms with Crippen molar-refractivity contribution < 1.29 is 4.39 Å². The van der Waals surface area contributed by atoms with Gasteiger partial charge in [-0.1, -0.05) is 30.3 Å². The Kier molecular flexibility index (Phi) is 5.08. The summed E-state index contributed by atoms with van der Waals surface area (Å²) in [6.07, 6.45) is 0. The normalized spacial score (nSPS) is 10.9.